The van der Waals surface area contributed by atoms with Gasteiger partial charge in [0.15, 0.2) is 0 Å². The van der Waals surface area contributed by atoms with Crippen molar-refractivity contribution in [1.29, 1.82) is 0 Å². The quantitative estimate of drug-likeness (QED) is 0.113. The van der Waals surface area contributed by atoms with Crippen molar-refractivity contribution in [3.63, 3.8) is 0 Å². The number of hydrogen-bond acceptors (Lipinski definition) is 4. The van der Waals surface area contributed by atoms with Gasteiger partial charge in [0.25, 0.3) is 0 Å². The van der Waals surface area contributed by atoms with Crippen LogP contribution in [0, 0.1) is 6.92 Å². The molecule has 0 spiro atoms. The Labute approximate surface area is 245 Å². The van der Waals surface area contributed by atoms with E-state index in [1.165, 1.54) is 4.31 Å². The Hall–Kier alpha value is -2.56. The number of rotatable bonds is 12. The molecule has 2 atom stereocenters. The van der Waals surface area contributed by atoms with Crippen molar-refractivity contribution in [2.75, 3.05) is 17.6 Å². The molecule has 0 amide bonds. The SMILES string of the molecule is Cc1ccc(S(=O)(=O)N(CCI)[C@H](COC(c2ccccc2)(c2ccccc2)c2ccccc2)[C@@H](C)O)cc1. The zero-order valence-electron chi connectivity index (χ0n) is 22.2. The number of benzene rings is 4. The number of aliphatic hydroxyl groups excluding tert-OH is 1. The molecule has 0 saturated carbocycles. The highest BCUT2D eigenvalue weighted by atomic mass is 127. The first-order valence-electron chi connectivity index (χ1n) is 12.9. The maximum absolute atomic E-state index is 13.9. The lowest BCUT2D eigenvalue weighted by atomic mass is 9.80. The van der Waals surface area contributed by atoms with E-state index in [4.69, 9.17) is 4.74 Å². The summed E-state index contributed by atoms with van der Waals surface area (Å²) in [6, 6.07) is 35.8. The summed E-state index contributed by atoms with van der Waals surface area (Å²) < 4.78 is 36.6. The molecule has 0 radical (unpaired) electrons. The molecule has 204 valence electrons. The molecular weight excluding hydrogens is 621 g/mol. The van der Waals surface area contributed by atoms with Crippen LogP contribution in [0.1, 0.15) is 29.2 Å². The summed E-state index contributed by atoms with van der Waals surface area (Å²) in [6.07, 6.45) is -0.979. The summed E-state index contributed by atoms with van der Waals surface area (Å²) >= 11 is 2.17. The lowest BCUT2D eigenvalue weighted by Crippen LogP contribution is -2.51. The molecule has 0 aromatic heterocycles. The molecule has 0 bridgehead atoms. The average Bonchev–Trinajstić information content (AvgIpc) is 2.96. The summed E-state index contributed by atoms with van der Waals surface area (Å²) in [5, 5.41) is 11.0. The lowest BCUT2D eigenvalue weighted by molar-refractivity contribution is -0.0360. The van der Waals surface area contributed by atoms with Gasteiger partial charge in [0.1, 0.15) is 5.60 Å². The van der Waals surface area contributed by atoms with Gasteiger partial charge in [0.2, 0.25) is 10.0 Å². The minimum Gasteiger partial charge on any atom is -0.392 e. The largest absolute Gasteiger partial charge is 0.392 e. The molecule has 4 rings (SSSR count). The van der Waals surface area contributed by atoms with E-state index in [9.17, 15) is 13.5 Å². The number of aryl methyl sites for hydroxylation is 1. The number of nitrogens with zero attached hydrogens (tertiary/aromatic N) is 1. The predicted octanol–water partition coefficient (Wildman–Crippen LogP) is 6.18. The summed E-state index contributed by atoms with van der Waals surface area (Å²) in [7, 11) is -3.90. The Balaban J connectivity index is 1.82. The molecule has 0 aliphatic heterocycles. The van der Waals surface area contributed by atoms with Crippen LogP contribution in [0.25, 0.3) is 0 Å². The van der Waals surface area contributed by atoms with E-state index in [0.29, 0.717) is 4.43 Å². The Morgan fingerprint density at radius 2 is 1.23 bits per heavy atom. The van der Waals surface area contributed by atoms with Gasteiger partial charge in [-0.25, -0.2) is 8.42 Å². The Bertz CT molecular complexity index is 1320. The molecule has 4 aromatic rings. The van der Waals surface area contributed by atoms with E-state index in [1.807, 2.05) is 97.9 Å². The molecule has 39 heavy (non-hydrogen) atoms. The zero-order chi connectivity index (χ0) is 27.9. The van der Waals surface area contributed by atoms with Crippen molar-refractivity contribution in [3.05, 3.63) is 138 Å². The van der Waals surface area contributed by atoms with Crippen molar-refractivity contribution in [3.8, 4) is 0 Å². The topological polar surface area (TPSA) is 66.8 Å². The van der Waals surface area contributed by atoms with Crippen LogP contribution in [-0.4, -0.2) is 47.6 Å². The summed E-state index contributed by atoms with van der Waals surface area (Å²) in [5.74, 6) is 0. The minimum atomic E-state index is -3.90. The number of hydrogen-bond donors (Lipinski definition) is 1. The van der Waals surface area contributed by atoms with Crippen molar-refractivity contribution in [2.24, 2.45) is 0 Å². The van der Waals surface area contributed by atoms with Gasteiger partial charge in [-0.05, 0) is 42.7 Å². The fourth-order valence-corrected chi connectivity index (χ4v) is 7.36. The highest BCUT2D eigenvalue weighted by Crippen LogP contribution is 2.41. The zero-order valence-corrected chi connectivity index (χ0v) is 25.1. The lowest BCUT2D eigenvalue weighted by Gasteiger charge is -2.39. The normalized spacial score (nSPS) is 13.8. The van der Waals surface area contributed by atoms with Crippen LogP contribution in [0.4, 0.5) is 0 Å². The van der Waals surface area contributed by atoms with Gasteiger partial charge in [0.05, 0.1) is 23.6 Å². The van der Waals surface area contributed by atoms with Crippen molar-refractivity contribution in [1.82, 2.24) is 4.31 Å². The van der Waals surface area contributed by atoms with Gasteiger partial charge >= 0.3 is 0 Å². The van der Waals surface area contributed by atoms with Crippen LogP contribution in [-0.2, 0) is 20.4 Å². The third-order valence-corrected chi connectivity index (χ3v) is 9.29. The first kappa shape index (κ1) is 29.4. The molecule has 7 heteroatoms. The van der Waals surface area contributed by atoms with E-state index in [2.05, 4.69) is 22.6 Å². The number of ether oxygens (including phenoxy) is 1. The maximum Gasteiger partial charge on any atom is 0.243 e. The second-order valence-corrected chi connectivity index (χ2v) is 12.5. The second kappa shape index (κ2) is 13.2. The third-order valence-electron chi connectivity index (χ3n) is 6.87. The standard InChI is InChI=1S/C32H34INO4S/c1-25-18-20-30(21-19-25)39(36,37)34(23-22-33)31(26(2)35)24-38-32(27-12-6-3-7-13-27,28-14-8-4-9-15-28)29-16-10-5-11-17-29/h3-21,26,31,35H,22-24H2,1-2H3/t26-,31-/m1/s1. The van der Waals surface area contributed by atoms with E-state index in [-0.39, 0.29) is 18.0 Å². The molecule has 0 fully saturated rings. The fourth-order valence-electron chi connectivity index (χ4n) is 4.84. The molecule has 0 unspecified atom stereocenters. The van der Waals surface area contributed by atoms with Crippen molar-refractivity contribution < 1.29 is 18.3 Å². The molecular formula is C32H34INO4S. The van der Waals surface area contributed by atoms with E-state index in [1.54, 1.807) is 31.2 Å². The second-order valence-electron chi connectivity index (χ2n) is 9.52. The van der Waals surface area contributed by atoms with Crippen LogP contribution < -0.4 is 0 Å². The number of halogens is 1. The Morgan fingerprint density at radius 3 is 1.62 bits per heavy atom. The smallest absolute Gasteiger partial charge is 0.243 e. The van der Waals surface area contributed by atoms with Crippen LogP contribution in [0.2, 0.25) is 0 Å². The Morgan fingerprint density at radius 1 is 0.795 bits per heavy atom. The monoisotopic (exact) mass is 655 g/mol. The van der Waals surface area contributed by atoms with Gasteiger partial charge < -0.3 is 9.84 Å². The van der Waals surface area contributed by atoms with E-state index < -0.39 is 27.8 Å². The van der Waals surface area contributed by atoms with Gasteiger partial charge in [-0.15, -0.1) is 0 Å². The van der Waals surface area contributed by atoms with Crippen LogP contribution in [0.3, 0.4) is 0 Å². The maximum atomic E-state index is 13.9. The molecule has 0 saturated heterocycles. The van der Waals surface area contributed by atoms with Crippen molar-refractivity contribution >= 4 is 32.6 Å². The fraction of sp³-hybridized carbons (Fsp3) is 0.250. The molecule has 0 aliphatic carbocycles. The van der Waals surface area contributed by atoms with E-state index >= 15 is 0 Å². The van der Waals surface area contributed by atoms with Gasteiger partial charge in [-0.1, -0.05) is 131 Å². The number of sulfonamides is 1. The summed E-state index contributed by atoms with van der Waals surface area (Å²) in [4.78, 5) is 0.198. The highest BCUT2D eigenvalue weighted by molar-refractivity contribution is 14.1. The molecule has 0 heterocycles. The average molecular weight is 656 g/mol. The molecule has 5 nitrogen and oxygen atoms in total. The summed E-state index contributed by atoms with van der Waals surface area (Å²) in [5.41, 5.74) is 2.68. The van der Waals surface area contributed by atoms with Crippen LogP contribution in [0.15, 0.2) is 120 Å². The summed E-state index contributed by atoms with van der Waals surface area (Å²) in [6.45, 7) is 3.75. The molecule has 4 aromatic carbocycles. The highest BCUT2D eigenvalue weighted by Gasteiger charge is 2.41. The molecule has 0 aliphatic rings. The number of alkyl halides is 1. The number of aliphatic hydroxyl groups is 1. The first-order valence-corrected chi connectivity index (χ1v) is 15.9. The van der Waals surface area contributed by atoms with Crippen molar-refractivity contribution in [2.45, 2.75) is 36.5 Å². The third kappa shape index (κ3) is 6.44. The minimum absolute atomic E-state index is 0.0297. The van der Waals surface area contributed by atoms with Gasteiger partial charge in [-0.2, -0.15) is 4.31 Å². The first-order chi connectivity index (χ1) is 18.8. The predicted molar refractivity (Wildman–Crippen MR) is 165 cm³/mol. The van der Waals surface area contributed by atoms with E-state index in [0.717, 1.165) is 22.3 Å². The Kier molecular flexibility index (Phi) is 9.96. The van der Waals surface area contributed by atoms with Crippen LogP contribution in [0.5, 0.6) is 0 Å². The van der Waals surface area contributed by atoms with Crippen LogP contribution >= 0.6 is 22.6 Å². The molecule has 1 N–H and O–H groups in total. The van der Waals surface area contributed by atoms with Gasteiger partial charge in [-0.3, -0.25) is 0 Å². The van der Waals surface area contributed by atoms with Gasteiger partial charge in [0, 0.05) is 11.0 Å².